The summed E-state index contributed by atoms with van der Waals surface area (Å²) in [4.78, 5) is 2.32. The molecule has 4 rings (SSSR count). The second-order valence-electron chi connectivity index (χ2n) is 9.02. The van der Waals surface area contributed by atoms with Crippen molar-refractivity contribution < 1.29 is 14.6 Å². The van der Waals surface area contributed by atoms with E-state index in [1.54, 1.807) is 0 Å². The lowest BCUT2D eigenvalue weighted by atomic mass is 10.1. The van der Waals surface area contributed by atoms with E-state index in [-0.39, 0.29) is 12.2 Å². The van der Waals surface area contributed by atoms with Gasteiger partial charge in [-0.15, -0.1) is 0 Å². The van der Waals surface area contributed by atoms with E-state index in [0.29, 0.717) is 13.1 Å². The molecule has 2 heterocycles. The molecule has 1 aliphatic heterocycles. The Kier molecular flexibility index (Phi) is 8.74. The molecule has 3 aromatic rings. The Hall–Kier alpha value is -2.67. The van der Waals surface area contributed by atoms with Crippen molar-refractivity contribution in [1.82, 2.24) is 14.7 Å². The Balaban J connectivity index is 1.70. The molecule has 0 radical (unpaired) electrons. The Labute approximate surface area is 203 Å². The first-order valence-electron chi connectivity index (χ1n) is 12.6. The predicted molar refractivity (Wildman–Crippen MR) is 135 cm³/mol. The largest absolute Gasteiger partial charge is 0.439 e. The third-order valence-electron chi connectivity index (χ3n) is 6.27. The highest BCUT2D eigenvalue weighted by atomic mass is 16.5. The zero-order valence-electron chi connectivity index (χ0n) is 20.4. The number of benzene rings is 2. The molecule has 6 heteroatoms. The quantitative estimate of drug-likeness (QED) is 0.391. The second kappa shape index (κ2) is 12.2. The minimum atomic E-state index is -0.362. The van der Waals surface area contributed by atoms with Crippen molar-refractivity contribution in [1.29, 1.82) is 0 Å². The molecule has 0 bridgehead atoms. The molecule has 34 heavy (non-hydrogen) atoms. The van der Waals surface area contributed by atoms with Gasteiger partial charge < -0.3 is 14.6 Å². The highest BCUT2D eigenvalue weighted by Crippen LogP contribution is 2.32. The zero-order chi connectivity index (χ0) is 23.8. The number of nitrogens with zero attached hydrogens (tertiary/aromatic N) is 3. The van der Waals surface area contributed by atoms with E-state index < -0.39 is 0 Å². The number of para-hydroxylation sites is 2. The van der Waals surface area contributed by atoms with Gasteiger partial charge in [-0.05, 0) is 49.9 Å². The molecule has 6 nitrogen and oxygen atoms in total. The van der Waals surface area contributed by atoms with Crippen molar-refractivity contribution >= 4 is 0 Å². The molecule has 1 aromatic heterocycles. The van der Waals surface area contributed by atoms with Crippen molar-refractivity contribution in [3.05, 3.63) is 71.9 Å². The number of ether oxygens (including phenoxy) is 2. The Bertz CT molecular complexity index is 1000. The van der Waals surface area contributed by atoms with Crippen molar-refractivity contribution in [3.8, 4) is 17.3 Å². The van der Waals surface area contributed by atoms with E-state index >= 15 is 0 Å². The number of aliphatic hydroxyl groups excluding tert-OH is 1. The molecule has 1 N–H and O–H groups in total. The second-order valence-corrected chi connectivity index (χ2v) is 9.02. The molecular weight excluding hydrogens is 426 g/mol. The van der Waals surface area contributed by atoms with Gasteiger partial charge in [-0.3, -0.25) is 4.90 Å². The van der Waals surface area contributed by atoms with Gasteiger partial charge in [0, 0.05) is 26.2 Å². The van der Waals surface area contributed by atoms with Gasteiger partial charge in [-0.2, -0.15) is 5.10 Å². The summed E-state index contributed by atoms with van der Waals surface area (Å²) < 4.78 is 14.3. The average molecular weight is 464 g/mol. The summed E-state index contributed by atoms with van der Waals surface area (Å²) in [6.07, 6.45) is 4.57. The Morgan fingerprint density at radius 2 is 1.85 bits per heavy atom. The Morgan fingerprint density at radius 1 is 1.12 bits per heavy atom. The van der Waals surface area contributed by atoms with Gasteiger partial charge >= 0.3 is 0 Å². The van der Waals surface area contributed by atoms with Gasteiger partial charge in [0.15, 0.2) is 0 Å². The molecule has 0 aliphatic carbocycles. The van der Waals surface area contributed by atoms with Crippen molar-refractivity contribution in [2.24, 2.45) is 0 Å². The van der Waals surface area contributed by atoms with Crippen molar-refractivity contribution in [2.45, 2.75) is 64.7 Å². The van der Waals surface area contributed by atoms with Crippen LogP contribution in [0.4, 0.5) is 0 Å². The van der Waals surface area contributed by atoms with E-state index in [1.807, 2.05) is 65.3 Å². The molecule has 0 saturated carbocycles. The third kappa shape index (κ3) is 6.26. The maximum atomic E-state index is 10.7. The maximum absolute atomic E-state index is 10.7. The smallest absolute Gasteiger partial charge is 0.227 e. The fourth-order valence-electron chi connectivity index (χ4n) is 4.60. The fourth-order valence-corrected chi connectivity index (χ4v) is 4.60. The normalized spacial score (nSPS) is 16.8. The average Bonchev–Trinajstić information content (AvgIpc) is 3.48. The van der Waals surface area contributed by atoms with Gasteiger partial charge in [-0.25, -0.2) is 4.68 Å². The lowest BCUT2D eigenvalue weighted by molar-refractivity contribution is 0.0437. The van der Waals surface area contributed by atoms with Crippen molar-refractivity contribution in [3.63, 3.8) is 0 Å². The summed E-state index contributed by atoms with van der Waals surface area (Å²) in [6.45, 7) is 7.12. The van der Waals surface area contributed by atoms with Crippen LogP contribution in [-0.4, -0.2) is 51.7 Å². The molecule has 0 unspecified atom stereocenters. The van der Waals surface area contributed by atoms with E-state index in [4.69, 9.17) is 14.6 Å². The lowest BCUT2D eigenvalue weighted by Gasteiger charge is -2.27. The topological polar surface area (TPSA) is 59.8 Å². The summed E-state index contributed by atoms with van der Waals surface area (Å²) in [5.41, 5.74) is 3.04. The fraction of sp³-hybridized carbons (Fsp3) is 0.464. The van der Waals surface area contributed by atoms with Gasteiger partial charge in [0.2, 0.25) is 5.88 Å². The van der Waals surface area contributed by atoms with Gasteiger partial charge in [0.1, 0.15) is 5.75 Å². The van der Waals surface area contributed by atoms with Crippen LogP contribution in [0.2, 0.25) is 0 Å². The number of aryl methyl sites for hydroxylation is 1. The number of hydrogen-bond acceptors (Lipinski definition) is 5. The van der Waals surface area contributed by atoms with Gasteiger partial charge in [-0.1, -0.05) is 56.7 Å². The zero-order valence-corrected chi connectivity index (χ0v) is 20.4. The van der Waals surface area contributed by atoms with Crippen molar-refractivity contribution in [2.75, 3.05) is 19.7 Å². The van der Waals surface area contributed by atoms with E-state index in [2.05, 4.69) is 18.7 Å². The minimum Gasteiger partial charge on any atom is -0.439 e. The molecule has 0 spiro atoms. The molecule has 1 aliphatic rings. The van der Waals surface area contributed by atoms with Crippen LogP contribution < -0.4 is 4.74 Å². The minimum absolute atomic E-state index is 0.210. The van der Waals surface area contributed by atoms with E-state index in [1.165, 1.54) is 0 Å². The molecule has 1 fully saturated rings. The number of aromatic nitrogens is 2. The number of hydrogen-bond donors (Lipinski definition) is 1. The summed E-state index contributed by atoms with van der Waals surface area (Å²) in [7, 11) is 0. The summed E-state index contributed by atoms with van der Waals surface area (Å²) in [5, 5.41) is 15.6. The highest BCUT2D eigenvalue weighted by molar-refractivity contribution is 5.43. The van der Waals surface area contributed by atoms with E-state index in [9.17, 15) is 5.11 Å². The van der Waals surface area contributed by atoms with Gasteiger partial charge in [0.05, 0.1) is 29.2 Å². The summed E-state index contributed by atoms with van der Waals surface area (Å²) in [5.74, 6) is 1.51. The predicted octanol–water partition coefficient (Wildman–Crippen LogP) is 5.37. The van der Waals surface area contributed by atoms with Crippen LogP contribution >= 0.6 is 0 Å². The maximum Gasteiger partial charge on any atom is 0.227 e. The first-order chi connectivity index (χ1) is 16.7. The van der Waals surface area contributed by atoms with Crippen LogP contribution in [0.15, 0.2) is 60.7 Å². The lowest BCUT2D eigenvalue weighted by Crippen LogP contribution is -2.37. The molecule has 1 saturated heterocycles. The Morgan fingerprint density at radius 3 is 2.50 bits per heavy atom. The van der Waals surface area contributed by atoms with Crippen LogP contribution in [0.1, 0.15) is 50.8 Å². The van der Waals surface area contributed by atoms with Crippen LogP contribution in [0.3, 0.4) is 0 Å². The van der Waals surface area contributed by atoms with Crippen LogP contribution in [-0.2, 0) is 17.7 Å². The monoisotopic (exact) mass is 463 g/mol. The molecule has 2 aromatic carbocycles. The van der Waals surface area contributed by atoms with Crippen LogP contribution in [0.5, 0.6) is 11.6 Å². The first-order valence-corrected chi connectivity index (χ1v) is 12.6. The molecule has 0 amide bonds. The summed E-state index contributed by atoms with van der Waals surface area (Å²) >= 11 is 0. The molecule has 2 atom stereocenters. The van der Waals surface area contributed by atoms with Crippen LogP contribution in [0.25, 0.3) is 5.69 Å². The van der Waals surface area contributed by atoms with E-state index in [0.717, 1.165) is 73.8 Å². The number of rotatable bonds is 12. The van der Waals surface area contributed by atoms with Crippen LogP contribution in [0, 0.1) is 0 Å². The molecular formula is C28H37N3O3. The first kappa shape index (κ1) is 24.5. The molecule has 182 valence electrons. The number of aliphatic hydroxyl groups is 1. The standard InChI is InChI=1S/C28H37N3O3/c1-3-12-23(32)19-30(20-25-17-11-18-33-25)21-26-27(4-2)29-31(22-13-7-5-8-14-22)28(26)34-24-15-9-6-10-16-24/h5-10,13-16,23,25,32H,3-4,11-12,17-21H2,1-2H3/t23-,25-/m1/s1. The summed E-state index contributed by atoms with van der Waals surface area (Å²) in [6, 6.07) is 20.0. The van der Waals surface area contributed by atoms with Gasteiger partial charge in [0.25, 0.3) is 0 Å². The SMILES string of the molecule is CCC[C@@H](O)CN(Cc1c(CC)nn(-c2ccccc2)c1Oc1ccccc1)C[C@H]1CCCO1. The third-order valence-corrected chi connectivity index (χ3v) is 6.27. The highest BCUT2D eigenvalue weighted by Gasteiger charge is 2.26.